The molecule has 0 unspecified atom stereocenters. The van der Waals surface area contributed by atoms with Gasteiger partial charge < -0.3 is 9.47 Å². The van der Waals surface area contributed by atoms with Crippen molar-refractivity contribution in [2.45, 2.75) is 0 Å². The number of hydrogen-bond donors (Lipinski definition) is 1. The predicted octanol–water partition coefficient (Wildman–Crippen LogP) is 2.27. The summed E-state index contributed by atoms with van der Waals surface area (Å²) >= 11 is 5.48. The van der Waals surface area contributed by atoms with Gasteiger partial charge in [0, 0.05) is 11.8 Å². The number of para-hydroxylation sites is 1. The second kappa shape index (κ2) is 4.07. The molecule has 1 aromatic carbocycles. The minimum atomic E-state index is 0.643. The molecule has 0 saturated carbocycles. The van der Waals surface area contributed by atoms with Crippen molar-refractivity contribution in [3.05, 3.63) is 18.2 Å². The zero-order valence-electron chi connectivity index (χ0n) is 6.93. The maximum atomic E-state index is 5.48. The number of hydrogen-bond acceptors (Lipinski definition) is 3. The first kappa shape index (κ1) is 9.00. The number of nitrogens with one attached hydrogen (secondary N) is 1. The Morgan fingerprint density at radius 3 is 2.00 bits per heavy atom. The van der Waals surface area contributed by atoms with Crippen LogP contribution in [0.4, 0.5) is 5.69 Å². The molecule has 0 heterocycles. The molecule has 1 rings (SSSR count). The molecular formula is C8H10ClNO2. The first-order valence-electron chi connectivity index (χ1n) is 3.41. The summed E-state index contributed by atoms with van der Waals surface area (Å²) in [5, 5.41) is 0. The second-order valence-corrected chi connectivity index (χ2v) is 2.32. The van der Waals surface area contributed by atoms with Crippen molar-refractivity contribution < 1.29 is 9.47 Å². The minimum absolute atomic E-state index is 0.643. The van der Waals surface area contributed by atoms with Gasteiger partial charge in [0.05, 0.1) is 14.2 Å². The van der Waals surface area contributed by atoms with E-state index in [9.17, 15) is 0 Å². The predicted molar refractivity (Wildman–Crippen MR) is 49.0 cm³/mol. The molecule has 0 aliphatic heterocycles. The van der Waals surface area contributed by atoms with E-state index in [2.05, 4.69) is 4.84 Å². The normalized spacial score (nSPS) is 9.25. The summed E-state index contributed by atoms with van der Waals surface area (Å²) in [6, 6.07) is 5.43. The van der Waals surface area contributed by atoms with Gasteiger partial charge in [0.2, 0.25) is 0 Å². The van der Waals surface area contributed by atoms with Crippen molar-refractivity contribution in [2.24, 2.45) is 0 Å². The number of anilines is 1. The van der Waals surface area contributed by atoms with Crippen LogP contribution in [0.3, 0.4) is 0 Å². The van der Waals surface area contributed by atoms with E-state index in [1.807, 2.05) is 6.07 Å². The molecule has 0 aromatic heterocycles. The molecule has 0 bridgehead atoms. The Morgan fingerprint density at radius 1 is 1.17 bits per heavy atom. The third-order valence-electron chi connectivity index (χ3n) is 1.52. The van der Waals surface area contributed by atoms with E-state index in [0.29, 0.717) is 17.2 Å². The molecule has 0 atom stereocenters. The van der Waals surface area contributed by atoms with E-state index in [-0.39, 0.29) is 0 Å². The summed E-state index contributed by atoms with van der Waals surface area (Å²) < 4.78 is 10.1. The summed E-state index contributed by atoms with van der Waals surface area (Å²) in [5.74, 6) is 1.31. The molecule has 0 radical (unpaired) electrons. The van der Waals surface area contributed by atoms with Gasteiger partial charge >= 0.3 is 0 Å². The van der Waals surface area contributed by atoms with Crippen LogP contribution in [-0.2, 0) is 0 Å². The molecule has 1 aromatic rings. The molecule has 66 valence electrons. The van der Waals surface area contributed by atoms with Gasteiger partial charge in [0.25, 0.3) is 0 Å². The molecule has 0 aliphatic rings. The first-order valence-corrected chi connectivity index (χ1v) is 3.79. The highest BCUT2D eigenvalue weighted by Gasteiger charge is 2.06. The van der Waals surface area contributed by atoms with Crippen LogP contribution in [-0.4, -0.2) is 14.2 Å². The smallest absolute Gasteiger partial charge is 0.146 e. The van der Waals surface area contributed by atoms with Gasteiger partial charge in [0.1, 0.15) is 17.2 Å². The van der Waals surface area contributed by atoms with Crippen LogP contribution in [0, 0.1) is 0 Å². The monoisotopic (exact) mass is 187 g/mol. The van der Waals surface area contributed by atoms with Gasteiger partial charge in [0.15, 0.2) is 0 Å². The van der Waals surface area contributed by atoms with Gasteiger partial charge in [-0.2, -0.15) is 0 Å². The molecular weight excluding hydrogens is 178 g/mol. The van der Waals surface area contributed by atoms with Gasteiger partial charge in [-0.3, -0.25) is 4.84 Å². The average Bonchev–Trinajstić information content (AvgIpc) is 2.16. The van der Waals surface area contributed by atoms with Crippen molar-refractivity contribution in [1.29, 1.82) is 0 Å². The fourth-order valence-corrected chi connectivity index (χ4v) is 1.13. The number of rotatable bonds is 3. The lowest BCUT2D eigenvalue weighted by Crippen LogP contribution is -1.93. The van der Waals surface area contributed by atoms with Crippen molar-refractivity contribution in [2.75, 3.05) is 19.1 Å². The summed E-state index contributed by atoms with van der Waals surface area (Å²) in [5.41, 5.74) is 0.643. The Kier molecular flexibility index (Phi) is 3.05. The quantitative estimate of drug-likeness (QED) is 0.737. The fourth-order valence-electron chi connectivity index (χ4n) is 0.944. The molecule has 1 N–H and O–H groups in total. The molecule has 0 spiro atoms. The lowest BCUT2D eigenvalue weighted by atomic mass is 10.3. The maximum absolute atomic E-state index is 5.48. The zero-order valence-corrected chi connectivity index (χ0v) is 7.68. The third kappa shape index (κ3) is 1.56. The molecule has 0 amide bonds. The van der Waals surface area contributed by atoms with Gasteiger partial charge in [-0.25, -0.2) is 0 Å². The SMILES string of the molecule is COc1cccc(OC)c1NCl. The number of halogens is 1. The Morgan fingerprint density at radius 2 is 1.67 bits per heavy atom. The van der Waals surface area contributed by atoms with Crippen LogP contribution in [0.5, 0.6) is 11.5 Å². The standard InChI is InChI=1S/C8H10ClNO2/c1-11-6-4-3-5-7(12-2)8(6)10-9/h3-5,10H,1-2H3. The zero-order chi connectivity index (χ0) is 8.97. The van der Waals surface area contributed by atoms with E-state index in [1.54, 1.807) is 26.4 Å². The van der Waals surface area contributed by atoms with Crippen LogP contribution in [0.2, 0.25) is 0 Å². The van der Waals surface area contributed by atoms with Crippen LogP contribution < -0.4 is 14.3 Å². The van der Waals surface area contributed by atoms with Crippen LogP contribution in [0.15, 0.2) is 18.2 Å². The fraction of sp³-hybridized carbons (Fsp3) is 0.250. The van der Waals surface area contributed by atoms with Gasteiger partial charge in [-0.15, -0.1) is 0 Å². The van der Waals surface area contributed by atoms with Crippen LogP contribution >= 0.6 is 11.8 Å². The van der Waals surface area contributed by atoms with Crippen molar-refractivity contribution in [3.8, 4) is 11.5 Å². The maximum Gasteiger partial charge on any atom is 0.146 e. The number of methoxy groups -OCH3 is 2. The van der Waals surface area contributed by atoms with Gasteiger partial charge in [-0.05, 0) is 12.1 Å². The highest BCUT2D eigenvalue weighted by atomic mass is 35.5. The largest absolute Gasteiger partial charge is 0.494 e. The summed E-state index contributed by atoms with van der Waals surface area (Å²) in [6.45, 7) is 0. The second-order valence-electron chi connectivity index (χ2n) is 2.13. The Hall–Kier alpha value is -1.09. The van der Waals surface area contributed by atoms with Crippen molar-refractivity contribution in [3.63, 3.8) is 0 Å². The summed E-state index contributed by atoms with van der Waals surface area (Å²) in [6.07, 6.45) is 0. The van der Waals surface area contributed by atoms with Gasteiger partial charge in [-0.1, -0.05) is 6.07 Å². The van der Waals surface area contributed by atoms with Crippen molar-refractivity contribution in [1.82, 2.24) is 0 Å². The lowest BCUT2D eigenvalue weighted by Gasteiger charge is -2.10. The Bertz CT molecular complexity index is 243. The van der Waals surface area contributed by atoms with Crippen molar-refractivity contribution >= 4 is 17.5 Å². The van der Waals surface area contributed by atoms with E-state index in [1.165, 1.54) is 0 Å². The Balaban J connectivity index is 3.13. The van der Waals surface area contributed by atoms with Crippen LogP contribution in [0.1, 0.15) is 0 Å². The molecule has 4 heteroatoms. The van der Waals surface area contributed by atoms with E-state index < -0.39 is 0 Å². The highest BCUT2D eigenvalue weighted by Crippen LogP contribution is 2.34. The third-order valence-corrected chi connectivity index (χ3v) is 1.71. The van der Waals surface area contributed by atoms with E-state index in [0.717, 1.165) is 0 Å². The highest BCUT2D eigenvalue weighted by molar-refractivity contribution is 6.24. The lowest BCUT2D eigenvalue weighted by molar-refractivity contribution is 0.398. The average molecular weight is 188 g/mol. The van der Waals surface area contributed by atoms with E-state index >= 15 is 0 Å². The number of ether oxygens (including phenoxy) is 2. The topological polar surface area (TPSA) is 30.5 Å². The molecule has 0 fully saturated rings. The molecule has 12 heavy (non-hydrogen) atoms. The molecule has 3 nitrogen and oxygen atoms in total. The molecule has 0 saturated heterocycles. The van der Waals surface area contributed by atoms with Crippen LogP contribution in [0.25, 0.3) is 0 Å². The molecule has 0 aliphatic carbocycles. The minimum Gasteiger partial charge on any atom is -0.494 e. The van der Waals surface area contributed by atoms with E-state index in [4.69, 9.17) is 21.3 Å². The number of benzene rings is 1. The first-order chi connectivity index (χ1) is 5.83. The summed E-state index contributed by atoms with van der Waals surface area (Å²) in [4.78, 5) is 2.49. The summed E-state index contributed by atoms with van der Waals surface area (Å²) in [7, 11) is 3.15. The Labute approximate surface area is 76.4 Å².